The van der Waals surface area contributed by atoms with Gasteiger partial charge >= 0.3 is 6.03 Å². The van der Waals surface area contributed by atoms with Crippen molar-refractivity contribution in [3.8, 4) is 0 Å². The molecule has 24 nitrogen and oxygen atoms in total. The quantitative estimate of drug-likeness (QED) is 0.0248. The first kappa shape index (κ1) is 96.7. The Bertz CT molecular complexity index is 5060. The molecule has 10 heterocycles. The summed E-state index contributed by atoms with van der Waals surface area (Å²) in [5, 5.41) is 61.0. The first-order valence-corrected chi connectivity index (χ1v) is 46.5. The van der Waals surface area contributed by atoms with Gasteiger partial charge in [0.1, 0.15) is 26.8 Å². The fourth-order valence-corrected chi connectivity index (χ4v) is 17.3. The molecule has 1 saturated heterocycles. The number of aliphatic hydroxyl groups is 3. The molecule has 1 fully saturated rings. The molecule has 120 heavy (non-hydrogen) atoms. The fourth-order valence-electron chi connectivity index (χ4n) is 11.5. The van der Waals surface area contributed by atoms with Crippen molar-refractivity contribution in [3.05, 3.63) is 294 Å². The van der Waals surface area contributed by atoms with E-state index in [-0.39, 0.29) is 38.7 Å². The maximum atomic E-state index is 12.0. The highest BCUT2D eigenvalue weighted by Gasteiger charge is 2.21. The van der Waals surface area contributed by atoms with E-state index in [1.807, 2.05) is 58.6 Å². The molecule has 0 saturated carbocycles. The molecule has 0 atom stereocenters. The molecule has 0 unspecified atom stereocenters. The number of thiazole rings is 8. The molecule has 9 aromatic heterocycles. The molecular weight excluding hydrogens is 1670 g/mol. The number of carbonyl (C=O) groups excluding carboxylic acids is 2. The molecule has 15 rings (SSSR count). The summed E-state index contributed by atoms with van der Waals surface area (Å²) in [7, 11) is 10.1. The summed E-state index contributed by atoms with van der Waals surface area (Å²) < 4.78 is 17.6. The summed E-state index contributed by atoms with van der Waals surface area (Å²) in [6, 6.07) is 40.1. The van der Waals surface area contributed by atoms with Gasteiger partial charge in [-0.2, -0.15) is 4.68 Å². The van der Waals surface area contributed by atoms with Crippen molar-refractivity contribution in [2.24, 2.45) is 11.5 Å². The number of rotatable bonds is 28. The molecule has 1 aliphatic rings. The Morgan fingerprint density at radius 1 is 0.467 bits per heavy atom. The van der Waals surface area contributed by atoms with E-state index in [1.54, 1.807) is 92.6 Å². The van der Waals surface area contributed by atoms with E-state index in [2.05, 4.69) is 216 Å². The third-order valence-electron chi connectivity index (χ3n) is 17.4. The molecule has 5 aromatic carbocycles. The highest BCUT2D eigenvalue weighted by molar-refractivity contribution is 7.11. The number of hydrogen-bond acceptors (Lipinski definition) is 30. The third-order valence-corrected chi connectivity index (χ3v) is 25.3. The molecule has 14 aromatic rings. The van der Waals surface area contributed by atoms with Crippen LogP contribution in [-0.2, 0) is 131 Å². The van der Waals surface area contributed by atoms with Gasteiger partial charge in [-0.15, -0.1) is 95.8 Å². The molecule has 0 radical (unpaired) electrons. The van der Waals surface area contributed by atoms with Crippen molar-refractivity contribution in [2.75, 3.05) is 48.5 Å². The van der Waals surface area contributed by atoms with Gasteiger partial charge in [-0.1, -0.05) is 149 Å². The maximum absolute atomic E-state index is 12.0. The Morgan fingerprint density at radius 2 is 0.817 bits per heavy atom. The highest BCUT2D eigenvalue weighted by atomic mass is 32.1. The average Bonchev–Trinajstić information content (AvgIpc) is 1.78. The number of amides is 1. The number of aliphatic hydroxyl groups excluding tert-OH is 3. The number of ether oxygens (including phenoxy) is 3. The monoisotopic (exact) mass is 1770 g/mol. The second-order valence-corrected chi connectivity index (χ2v) is 34.8. The van der Waals surface area contributed by atoms with Crippen LogP contribution in [0.15, 0.2) is 164 Å². The van der Waals surface area contributed by atoms with Crippen LogP contribution in [0.1, 0.15) is 182 Å². The lowest BCUT2D eigenvalue weighted by molar-refractivity contribution is -0.183. The van der Waals surface area contributed by atoms with E-state index in [4.69, 9.17) is 41.0 Å². The van der Waals surface area contributed by atoms with Gasteiger partial charge < -0.3 is 56.1 Å². The number of para-hydroxylation sites is 1. The highest BCUT2D eigenvalue weighted by Crippen LogP contribution is 2.29. The number of nitrogens with two attached hydrogens (primary N) is 2. The minimum absolute atomic E-state index is 0.0104. The van der Waals surface area contributed by atoms with Crippen LogP contribution in [0, 0.1) is 0 Å². The topological polar surface area (TPSA) is 327 Å². The van der Waals surface area contributed by atoms with Crippen LogP contribution in [-0.4, -0.2) is 141 Å². The van der Waals surface area contributed by atoms with Crippen molar-refractivity contribution in [1.82, 2.24) is 70.0 Å². The molecule has 8 N–H and O–H groups in total. The molecule has 32 heteroatoms. The maximum Gasteiger partial charge on any atom is 0.344 e. The van der Waals surface area contributed by atoms with Gasteiger partial charge in [-0.05, 0) is 112 Å². The van der Waals surface area contributed by atoms with E-state index >= 15 is 0 Å². The number of aldehydes is 1. The fraction of sp³-hybridized carbons (Fsp3) is 0.364. The Hall–Kier alpha value is -8.72. The lowest BCUT2D eigenvalue weighted by Crippen LogP contribution is -2.28. The van der Waals surface area contributed by atoms with E-state index in [0.717, 1.165) is 167 Å². The smallest absolute Gasteiger partial charge is 0.344 e. The third kappa shape index (κ3) is 32.9. The Labute approximate surface area is 736 Å². The van der Waals surface area contributed by atoms with Crippen LogP contribution < -0.4 is 16.8 Å². The van der Waals surface area contributed by atoms with Crippen molar-refractivity contribution >= 4 is 114 Å². The number of methoxy groups -OCH3 is 1. The van der Waals surface area contributed by atoms with Gasteiger partial charge in [-0.25, -0.2) is 44.7 Å². The van der Waals surface area contributed by atoms with Crippen molar-refractivity contribution < 1.29 is 39.1 Å². The number of benzene rings is 5. The van der Waals surface area contributed by atoms with E-state index in [1.165, 1.54) is 75.9 Å². The second-order valence-electron chi connectivity index (χ2n) is 27.3. The van der Waals surface area contributed by atoms with Crippen LogP contribution in [0.25, 0.3) is 11.0 Å². The lowest BCUT2D eigenvalue weighted by Gasteiger charge is -2.25. The summed E-state index contributed by atoms with van der Waals surface area (Å²) in [6.45, 7) is 15.9. The zero-order valence-corrected chi connectivity index (χ0v) is 76.3. The molecule has 1 aliphatic heterocycles. The summed E-state index contributed by atoms with van der Waals surface area (Å²) >= 11 is 13.0. The minimum Gasteiger partial charge on any atom is -0.390 e. The molecule has 0 aliphatic carbocycles. The van der Waals surface area contributed by atoms with Gasteiger partial charge in [0.25, 0.3) is 0 Å². The predicted molar refractivity (Wildman–Crippen MR) is 490 cm³/mol. The van der Waals surface area contributed by atoms with Gasteiger partial charge in [0.15, 0.2) is 6.29 Å². The number of carbonyl (C=O) groups is 2. The van der Waals surface area contributed by atoms with Gasteiger partial charge in [-0.3, -0.25) is 4.79 Å². The molecule has 1 amide bonds. The van der Waals surface area contributed by atoms with E-state index < -0.39 is 0 Å². The van der Waals surface area contributed by atoms with Crippen LogP contribution >= 0.6 is 90.7 Å². The Morgan fingerprint density at radius 3 is 1.24 bits per heavy atom. The first-order chi connectivity index (χ1) is 58.4. The summed E-state index contributed by atoms with van der Waals surface area (Å²) in [5.74, 6) is 0. The number of hydrogen-bond donors (Lipinski definition) is 6. The second kappa shape index (κ2) is 53.9. The predicted octanol–water partition coefficient (Wildman–Crippen LogP) is 16.7. The van der Waals surface area contributed by atoms with Crippen LogP contribution in [0.5, 0.6) is 0 Å². The lowest BCUT2D eigenvalue weighted by atomic mass is 10.0. The first-order valence-electron chi connectivity index (χ1n) is 39.5. The molecule has 0 spiro atoms. The van der Waals surface area contributed by atoms with E-state index in [9.17, 15) is 9.59 Å². The normalized spacial score (nSPS) is 11.6. The standard InChI is InChI=1S/C16H19NO2S.C15H20N2S.C14H19N3S.C13H13NOS.C12H11N5O2S.C7H11NOS.C6H9NOS.C5H8N2OS/c1-2-15-17-13(11-20-15)10-12-6-3-4-7-14(12)16-18-8-5-9-19-16;1-4-15-16-14(11-18-15)9-12-7-5-6-8-13(12)10-17(2)3;1-17(2)9-12-6-4-3-5-11(12)7-13-10-18-14(8-15)16-13;1-2-13-14-12(9-16-13)7-10-5-3-4-6-11(10)8-15;18-6-8-7-20-11(14-8)5-13-12(19)17-10-4-2-1-3-9(10)15-16-17;1-3-7-8-6(4-9-2)5-10-7;1-2-6-7-5(3-8)4-9-6;6-1-5-7-4(2-8)3-9-5/h3-4,6-7,11,16H,2,5,8-10H2,1H3;5-8,11H,4,9-10H2,1-3H3;3-6,10H,7-9,15H2,1-2H3;3-6,8-9H,2,7H2,1H3;1-4,7,18H,5-6H2,(H,13,19);5H,3-4H2,1-2H3;4,8H,2-3H2,1H3;3,8H,1-2,6H2. The number of nitrogens with zero attached hydrogens (tertiary/aromatic N) is 13. The van der Waals surface area contributed by atoms with Crippen LogP contribution in [0.3, 0.4) is 0 Å². The number of nitrogens with one attached hydrogen (secondary N) is 1. The zero-order chi connectivity index (χ0) is 85.8. The average molecular weight is 1780 g/mol. The minimum atomic E-state index is -0.362. The molecule has 0 bridgehead atoms. The van der Waals surface area contributed by atoms with Crippen molar-refractivity contribution in [2.45, 2.75) is 164 Å². The van der Waals surface area contributed by atoms with Gasteiger partial charge in [0, 0.05) is 113 Å². The van der Waals surface area contributed by atoms with Crippen LogP contribution in [0.2, 0.25) is 0 Å². The summed E-state index contributed by atoms with van der Waals surface area (Å²) in [5.41, 5.74) is 29.5. The molecule has 638 valence electrons. The summed E-state index contributed by atoms with van der Waals surface area (Å²) in [6.07, 6.45) is 10.1. The summed E-state index contributed by atoms with van der Waals surface area (Å²) in [4.78, 5) is 62.2. The number of aryl methyl sites for hydroxylation is 5. The van der Waals surface area contributed by atoms with Crippen molar-refractivity contribution in [1.29, 1.82) is 0 Å². The SMILES string of the molecule is CCc1nc(CO)cs1.CCc1nc(COC)cs1.CCc1nc(Cc2ccccc2C2OCCCO2)cs1.CCc1nc(Cc2ccccc2C=O)cs1.CCc1nc(Cc2ccccc2CN(C)C)cs1.CN(C)Cc1ccccc1Cc1csc(CN)n1.NCc1nc(CO)cs1.O=C(NCc1nc(CO)cs1)n1nnc2ccccc21. The Kier molecular flexibility index (Phi) is 43.5. The largest absolute Gasteiger partial charge is 0.390 e. The van der Waals surface area contributed by atoms with Gasteiger partial charge in [0.05, 0.1) is 122 Å². The number of aromatic nitrogens is 11. The van der Waals surface area contributed by atoms with E-state index in [0.29, 0.717) is 42.1 Å². The zero-order valence-electron chi connectivity index (χ0n) is 69.8. The Balaban J connectivity index is 0.000000173. The van der Waals surface area contributed by atoms with Gasteiger partial charge in [0.2, 0.25) is 0 Å². The molecular formula is C88H110N16O8S8. The van der Waals surface area contributed by atoms with Crippen LogP contribution in [0.4, 0.5) is 4.79 Å². The van der Waals surface area contributed by atoms with Crippen molar-refractivity contribution in [3.63, 3.8) is 0 Å². The number of fused-ring (bicyclic) bond motifs is 1.